The summed E-state index contributed by atoms with van der Waals surface area (Å²) in [5, 5.41) is 4.98. The number of pyridine rings is 1. The first-order valence-electron chi connectivity index (χ1n) is 9.26. The summed E-state index contributed by atoms with van der Waals surface area (Å²) in [6, 6.07) is 19.7. The first-order valence-corrected chi connectivity index (χ1v) is 10.7. The summed E-state index contributed by atoms with van der Waals surface area (Å²) in [5.74, 6) is 0. The minimum absolute atomic E-state index is 0.202. The number of nitrogens with zero attached hydrogens (tertiary/aromatic N) is 3. The van der Waals surface area contributed by atoms with Crippen LogP contribution in [0.4, 0.5) is 5.69 Å². The lowest BCUT2D eigenvalue weighted by Gasteiger charge is -2.11. The second-order valence-corrected chi connectivity index (χ2v) is 8.39. The molecule has 0 aliphatic rings. The van der Waals surface area contributed by atoms with Crippen molar-refractivity contribution in [2.24, 2.45) is 0 Å². The highest BCUT2D eigenvalue weighted by atomic mass is 32.2. The third-order valence-corrected chi connectivity index (χ3v) is 6.18. The molecule has 0 bridgehead atoms. The molecule has 0 spiro atoms. The Hall–Kier alpha value is -3.91. The van der Waals surface area contributed by atoms with Gasteiger partial charge in [0.15, 0.2) is 0 Å². The van der Waals surface area contributed by atoms with Crippen LogP contribution >= 0.6 is 0 Å². The molecule has 0 amide bonds. The summed E-state index contributed by atoms with van der Waals surface area (Å²) >= 11 is 0. The summed E-state index contributed by atoms with van der Waals surface area (Å²) in [5.41, 5.74) is 3.73. The van der Waals surface area contributed by atoms with E-state index in [1.54, 1.807) is 53.5 Å². The van der Waals surface area contributed by atoms with Crippen molar-refractivity contribution in [1.29, 1.82) is 0 Å². The summed E-state index contributed by atoms with van der Waals surface area (Å²) in [6.07, 6.45) is 7.00. The molecular weight excluding hydrogens is 398 g/mol. The topological polar surface area (TPSA) is 92.7 Å². The van der Waals surface area contributed by atoms with Gasteiger partial charge in [0.1, 0.15) is 5.65 Å². The number of H-pyrrole nitrogens is 1. The van der Waals surface area contributed by atoms with E-state index in [-0.39, 0.29) is 4.90 Å². The Balaban J connectivity index is 1.62. The fourth-order valence-electron chi connectivity index (χ4n) is 3.41. The number of sulfonamides is 1. The van der Waals surface area contributed by atoms with Crippen molar-refractivity contribution in [1.82, 2.24) is 19.7 Å². The van der Waals surface area contributed by atoms with Crippen molar-refractivity contribution in [3.05, 3.63) is 91.5 Å². The first-order chi connectivity index (χ1) is 14.6. The second kappa shape index (κ2) is 7.16. The average Bonchev–Trinajstić information content (AvgIpc) is 3.45. The third-order valence-electron chi connectivity index (χ3n) is 4.80. The maximum atomic E-state index is 12.9. The minimum atomic E-state index is -3.73. The van der Waals surface area contributed by atoms with Gasteiger partial charge < -0.3 is 4.98 Å². The Morgan fingerprint density at radius 1 is 0.933 bits per heavy atom. The number of rotatable bonds is 5. The van der Waals surface area contributed by atoms with E-state index in [1.165, 1.54) is 0 Å². The van der Waals surface area contributed by atoms with Crippen LogP contribution in [0.3, 0.4) is 0 Å². The molecule has 0 atom stereocenters. The number of benzene rings is 2. The van der Waals surface area contributed by atoms with Gasteiger partial charge in [-0.2, -0.15) is 5.10 Å². The van der Waals surface area contributed by atoms with Crippen LogP contribution in [-0.2, 0) is 10.0 Å². The predicted molar refractivity (Wildman–Crippen MR) is 116 cm³/mol. The molecule has 5 aromatic rings. The number of nitrogens with one attached hydrogen (secondary N) is 2. The molecule has 0 saturated carbocycles. The van der Waals surface area contributed by atoms with Gasteiger partial charge in [0.25, 0.3) is 10.0 Å². The summed E-state index contributed by atoms with van der Waals surface area (Å²) < 4.78 is 30.2. The molecule has 0 unspecified atom stereocenters. The van der Waals surface area contributed by atoms with Gasteiger partial charge in [0.2, 0.25) is 0 Å². The fourth-order valence-corrected chi connectivity index (χ4v) is 4.50. The van der Waals surface area contributed by atoms with Crippen LogP contribution in [0.2, 0.25) is 0 Å². The zero-order chi connectivity index (χ0) is 20.6. The Bertz CT molecular complexity index is 1430. The van der Waals surface area contributed by atoms with Crippen LogP contribution in [0.25, 0.3) is 27.8 Å². The fraction of sp³-hybridized carbons (Fsp3) is 0. The van der Waals surface area contributed by atoms with Gasteiger partial charge in [-0.15, -0.1) is 0 Å². The van der Waals surface area contributed by atoms with Crippen molar-refractivity contribution in [3.8, 4) is 16.8 Å². The lowest BCUT2D eigenvalue weighted by Crippen LogP contribution is -2.13. The van der Waals surface area contributed by atoms with Crippen LogP contribution in [0.5, 0.6) is 0 Å². The Morgan fingerprint density at radius 2 is 1.80 bits per heavy atom. The van der Waals surface area contributed by atoms with Crippen LogP contribution in [-0.4, -0.2) is 28.2 Å². The average molecular weight is 415 g/mol. The minimum Gasteiger partial charge on any atom is -0.345 e. The Kier molecular flexibility index (Phi) is 4.33. The Morgan fingerprint density at radius 3 is 2.60 bits per heavy atom. The number of fused-ring (bicyclic) bond motifs is 1. The molecule has 7 nitrogen and oxygen atoms in total. The molecule has 3 heterocycles. The number of aromatic nitrogens is 4. The molecular formula is C22H17N5O2S. The second-order valence-electron chi connectivity index (χ2n) is 6.70. The van der Waals surface area contributed by atoms with E-state index in [4.69, 9.17) is 0 Å². The zero-order valence-corrected chi connectivity index (χ0v) is 16.5. The lowest BCUT2D eigenvalue weighted by molar-refractivity contribution is 0.601. The number of hydrogen-bond acceptors (Lipinski definition) is 4. The number of anilines is 1. The van der Waals surface area contributed by atoms with E-state index in [0.29, 0.717) is 16.7 Å². The molecule has 0 saturated heterocycles. The smallest absolute Gasteiger partial charge is 0.261 e. The molecule has 8 heteroatoms. The SMILES string of the molecule is O=S(=O)(Nc1ccnc2[nH]cc(-c3cccc(-n4cccn4)c3)c12)c1ccccc1. The first kappa shape index (κ1) is 18.1. The highest BCUT2D eigenvalue weighted by Gasteiger charge is 2.18. The van der Waals surface area contributed by atoms with Crippen LogP contribution in [0.15, 0.2) is 96.4 Å². The maximum absolute atomic E-state index is 12.9. The zero-order valence-electron chi connectivity index (χ0n) is 15.7. The van der Waals surface area contributed by atoms with E-state index in [9.17, 15) is 8.42 Å². The molecule has 5 rings (SSSR count). The van der Waals surface area contributed by atoms with E-state index in [1.807, 2.05) is 42.7 Å². The van der Waals surface area contributed by atoms with E-state index >= 15 is 0 Å². The van der Waals surface area contributed by atoms with Gasteiger partial charge >= 0.3 is 0 Å². The van der Waals surface area contributed by atoms with Gasteiger partial charge in [0, 0.05) is 30.4 Å². The molecule has 30 heavy (non-hydrogen) atoms. The van der Waals surface area contributed by atoms with Crippen LogP contribution in [0, 0.1) is 0 Å². The summed E-state index contributed by atoms with van der Waals surface area (Å²) in [6.45, 7) is 0. The monoisotopic (exact) mass is 415 g/mol. The maximum Gasteiger partial charge on any atom is 0.261 e. The van der Waals surface area contributed by atoms with Crippen molar-refractivity contribution in [3.63, 3.8) is 0 Å². The number of aromatic amines is 1. The largest absolute Gasteiger partial charge is 0.345 e. The van der Waals surface area contributed by atoms with Crippen molar-refractivity contribution >= 4 is 26.7 Å². The van der Waals surface area contributed by atoms with E-state index in [0.717, 1.165) is 16.8 Å². The lowest BCUT2D eigenvalue weighted by atomic mass is 10.0. The van der Waals surface area contributed by atoms with Gasteiger partial charge in [-0.3, -0.25) is 4.72 Å². The Labute approximate surface area is 173 Å². The molecule has 2 aromatic carbocycles. The third kappa shape index (κ3) is 3.23. The molecule has 0 radical (unpaired) electrons. The van der Waals surface area contributed by atoms with Gasteiger partial charge in [-0.25, -0.2) is 18.1 Å². The van der Waals surface area contributed by atoms with E-state index in [2.05, 4.69) is 19.8 Å². The molecule has 148 valence electrons. The van der Waals surface area contributed by atoms with Crippen LogP contribution in [0.1, 0.15) is 0 Å². The normalized spacial score (nSPS) is 11.6. The highest BCUT2D eigenvalue weighted by Crippen LogP contribution is 2.34. The number of hydrogen-bond donors (Lipinski definition) is 2. The molecule has 0 aliphatic carbocycles. The van der Waals surface area contributed by atoms with Crippen LogP contribution < -0.4 is 4.72 Å². The highest BCUT2D eigenvalue weighted by molar-refractivity contribution is 7.92. The van der Waals surface area contributed by atoms with Gasteiger partial charge in [-0.1, -0.05) is 30.3 Å². The standard InChI is InChI=1S/C22H17N5O2S/c28-30(29,18-8-2-1-3-9-18)26-20-10-12-23-22-21(20)19(15-24-22)16-6-4-7-17(14-16)27-13-5-11-25-27/h1-15H,(H2,23,24,26). The van der Waals surface area contributed by atoms with E-state index < -0.39 is 10.0 Å². The summed E-state index contributed by atoms with van der Waals surface area (Å²) in [7, 11) is -3.73. The molecule has 0 aliphatic heterocycles. The quantitative estimate of drug-likeness (QED) is 0.450. The van der Waals surface area contributed by atoms with Gasteiger partial charge in [-0.05, 0) is 42.0 Å². The van der Waals surface area contributed by atoms with Crippen molar-refractivity contribution < 1.29 is 8.42 Å². The molecule has 2 N–H and O–H groups in total. The summed E-state index contributed by atoms with van der Waals surface area (Å²) in [4.78, 5) is 7.70. The predicted octanol–water partition coefficient (Wildman–Crippen LogP) is 4.22. The van der Waals surface area contributed by atoms with Gasteiger partial charge in [0.05, 0.1) is 21.7 Å². The van der Waals surface area contributed by atoms with Crippen molar-refractivity contribution in [2.45, 2.75) is 4.90 Å². The molecule has 3 aromatic heterocycles. The molecule has 0 fully saturated rings. The van der Waals surface area contributed by atoms with Crippen molar-refractivity contribution in [2.75, 3.05) is 4.72 Å².